The topological polar surface area (TPSA) is 55.1 Å². The highest BCUT2D eigenvalue weighted by Crippen LogP contribution is 2.28. The van der Waals surface area contributed by atoms with Gasteiger partial charge in [0.1, 0.15) is 0 Å². The van der Waals surface area contributed by atoms with E-state index < -0.39 is 0 Å². The van der Waals surface area contributed by atoms with Gasteiger partial charge in [-0.2, -0.15) is 0 Å². The summed E-state index contributed by atoms with van der Waals surface area (Å²) in [6, 6.07) is 0. The molecule has 1 unspecified atom stereocenters. The monoisotopic (exact) mass is 254 g/mol. The Morgan fingerprint density at radius 1 is 1.28 bits per heavy atom. The summed E-state index contributed by atoms with van der Waals surface area (Å²) in [5.41, 5.74) is 6.34. The van der Waals surface area contributed by atoms with Crippen molar-refractivity contribution in [2.45, 2.75) is 71.8 Å². The maximum atomic E-state index is 11.9. The first-order valence-electron chi connectivity index (χ1n) is 7.28. The molecule has 1 atom stereocenters. The zero-order valence-corrected chi connectivity index (χ0v) is 12.5. The Morgan fingerprint density at radius 2 is 1.83 bits per heavy atom. The van der Waals surface area contributed by atoms with Crippen LogP contribution in [0.5, 0.6) is 0 Å². The summed E-state index contributed by atoms with van der Waals surface area (Å²) in [7, 11) is 0. The van der Waals surface area contributed by atoms with Crippen molar-refractivity contribution in [2.24, 2.45) is 17.1 Å². The fourth-order valence-electron chi connectivity index (χ4n) is 2.36. The van der Waals surface area contributed by atoms with E-state index in [1.165, 1.54) is 19.3 Å². The van der Waals surface area contributed by atoms with E-state index >= 15 is 0 Å². The van der Waals surface area contributed by atoms with Crippen molar-refractivity contribution in [1.29, 1.82) is 0 Å². The summed E-state index contributed by atoms with van der Waals surface area (Å²) in [6.07, 6.45) is 6.37. The molecule has 106 valence electrons. The van der Waals surface area contributed by atoms with Crippen LogP contribution in [0.4, 0.5) is 0 Å². The molecule has 1 aliphatic carbocycles. The van der Waals surface area contributed by atoms with E-state index in [4.69, 9.17) is 5.73 Å². The maximum absolute atomic E-state index is 11.9. The fourth-order valence-corrected chi connectivity index (χ4v) is 2.36. The molecule has 3 nitrogen and oxygen atoms in total. The van der Waals surface area contributed by atoms with Crippen LogP contribution in [0.15, 0.2) is 0 Å². The van der Waals surface area contributed by atoms with Crippen molar-refractivity contribution < 1.29 is 4.79 Å². The molecule has 3 N–H and O–H groups in total. The molecule has 0 saturated heterocycles. The Hall–Kier alpha value is -0.570. The highest BCUT2D eigenvalue weighted by Gasteiger charge is 2.28. The number of carbonyl (C=O) groups is 1. The fraction of sp³-hybridized carbons (Fsp3) is 0.933. The van der Waals surface area contributed by atoms with Gasteiger partial charge in [0.25, 0.3) is 0 Å². The van der Waals surface area contributed by atoms with Crippen LogP contribution in [-0.4, -0.2) is 18.0 Å². The summed E-state index contributed by atoms with van der Waals surface area (Å²) in [6.45, 7) is 9.31. The molecule has 1 amide bonds. The van der Waals surface area contributed by atoms with Gasteiger partial charge in [0, 0.05) is 18.5 Å². The third kappa shape index (κ3) is 4.97. The summed E-state index contributed by atoms with van der Waals surface area (Å²) in [4.78, 5) is 11.9. The number of hydrogen-bond donors (Lipinski definition) is 2. The van der Waals surface area contributed by atoms with Crippen LogP contribution < -0.4 is 11.1 Å². The van der Waals surface area contributed by atoms with Crippen LogP contribution in [0.1, 0.15) is 66.2 Å². The summed E-state index contributed by atoms with van der Waals surface area (Å²) in [5.74, 6) is 0.533. The molecule has 0 heterocycles. The Bertz CT molecular complexity index is 275. The van der Waals surface area contributed by atoms with Gasteiger partial charge >= 0.3 is 0 Å². The van der Waals surface area contributed by atoms with Crippen LogP contribution in [0.3, 0.4) is 0 Å². The molecule has 0 aromatic carbocycles. The lowest BCUT2D eigenvalue weighted by molar-refractivity contribution is -0.123. The second kappa shape index (κ2) is 6.05. The van der Waals surface area contributed by atoms with Gasteiger partial charge in [0.15, 0.2) is 0 Å². The predicted molar refractivity (Wildman–Crippen MR) is 76.2 cm³/mol. The first kappa shape index (κ1) is 15.5. The van der Waals surface area contributed by atoms with Crippen molar-refractivity contribution >= 4 is 5.91 Å². The first-order valence-corrected chi connectivity index (χ1v) is 7.28. The van der Waals surface area contributed by atoms with Crippen LogP contribution in [-0.2, 0) is 4.79 Å². The summed E-state index contributed by atoms with van der Waals surface area (Å²) >= 11 is 0. The quantitative estimate of drug-likeness (QED) is 0.810. The van der Waals surface area contributed by atoms with E-state index in [2.05, 4.69) is 33.0 Å². The second-order valence-electron chi connectivity index (χ2n) is 7.17. The summed E-state index contributed by atoms with van der Waals surface area (Å²) in [5, 5.41) is 3.03. The van der Waals surface area contributed by atoms with Gasteiger partial charge in [-0.15, -0.1) is 0 Å². The molecule has 0 spiro atoms. The molecular weight excluding hydrogens is 224 g/mol. The molecule has 0 radical (unpaired) electrons. The number of rotatable bonds is 4. The van der Waals surface area contributed by atoms with E-state index in [1.54, 1.807) is 0 Å². The van der Waals surface area contributed by atoms with Gasteiger partial charge in [-0.1, -0.05) is 47.0 Å². The molecule has 0 aromatic heterocycles. The zero-order chi connectivity index (χ0) is 13.8. The third-order valence-corrected chi connectivity index (χ3v) is 4.46. The van der Waals surface area contributed by atoms with E-state index in [9.17, 15) is 4.79 Å². The van der Waals surface area contributed by atoms with Gasteiger partial charge in [-0.05, 0) is 24.2 Å². The Labute approximate surface area is 112 Å². The first-order chi connectivity index (χ1) is 8.23. The largest absolute Gasteiger partial charge is 0.354 e. The number of nitrogens with two attached hydrogens (primary N) is 1. The lowest BCUT2D eigenvalue weighted by atomic mass is 9.79. The van der Waals surface area contributed by atoms with Gasteiger partial charge in [0.2, 0.25) is 5.91 Å². The number of amides is 1. The molecular formula is C15H30N2O. The lowest BCUT2D eigenvalue weighted by Crippen LogP contribution is -2.51. The standard InChI is InChI=1S/C15H30N2O/c1-12(14(2,3)4)10-13(18)17-11-15(16)8-6-5-7-9-15/h12H,5-11,16H2,1-4H3,(H,17,18). The molecule has 18 heavy (non-hydrogen) atoms. The summed E-state index contributed by atoms with van der Waals surface area (Å²) < 4.78 is 0. The average molecular weight is 254 g/mol. The van der Waals surface area contributed by atoms with Crippen LogP contribution in [0.2, 0.25) is 0 Å². The van der Waals surface area contributed by atoms with Gasteiger partial charge < -0.3 is 11.1 Å². The van der Waals surface area contributed by atoms with Gasteiger partial charge in [-0.25, -0.2) is 0 Å². The lowest BCUT2D eigenvalue weighted by Gasteiger charge is -2.34. The van der Waals surface area contributed by atoms with Crippen molar-refractivity contribution in [3.05, 3.63) is 0 Å². The molecule has 3 heteroatoms. The minimum Gasteiger partial charge on any atom is -0.354 e. The predicted octanol–water partition coefficient (Wildman–Crippen LogP) is 2.84. The number of nitrogens with one attached hydrogen (secondary N) is 1. The van der Waals surface area contributed by atoms with E-state index in [0.29, 0.717) is 18.9 Å². The molecule has 0 aliphatic heterocycles. The molecule has 0 aromatic rings. The Kier molecular flexibility index (Phi) is 5.20. The van der Waals surface area contributed by atoms with Crippen LogP contribution in [0.25, 0.3) is 0 Å². The van der Waals surface area contributed by atoms with E-state index in [0.717, 1.165) is 12.8 Å². The molecule has 1 saturated carbocycles. The van der Waals surface area contributed by atoms with Crippen molar-refractivity contribution in [3.8, 4) is 0 Å². The highest BCUT2D eigenvalue weighted by atomic mass is 16.1. The molecule has 1 fully saturated rings. The normalized spacial score (nSPS) is 21.4. The van der Waals surface area contributed by atoms with Crippen molar-refractivity contribution in [2.75, 3.05) is 6.54 Å². The van der Waals surface area contributed by atoms with E-state index in [-0.39, 0.29) is 16.9 Å². The maximum Gasteiger partial charge on any atom is 0.220 e. The van der Waals surface area contributed by atoms with Crippen molar-refractivity contribution in [3.63, 3.8) is 0 Å². The Morgan fingerprint density at radius 3 is 2.33 bits per heavy atom. The minimum atomic E-state index is -0.154. The number of carbonyl (C=O) groups excluding carboxylic acids is 1. The van der Waals surface area contributed by atoms with Crippen LogP contribution >= 0.6 is 0 Å². The molecule has 0 bridgehead atoms. The molecule has 1 aliphatic rings. The van der Waals surface area contributed by atoms with Gasteiger partial charge in [0.05, 0.1) is 0 Å². The average Bonchev–Trinajstić information content (AvgIpc) is 2.26. The second-order valence-corrected chi connectivity index (χ2v) is 7.17. The highest BCUT2D eigenvalue weighted by molar-refractivity contribution is 5.76. The van der Waals surface area contributed by atoms with E-state index in [1.807, 2.05) is 0 Å². The zero-order valence-electron chi connectivity index (χ0n) is 12.5. The minimum absolute atomic E-state index is 0.146. The molecule has 1 rings (SSSR count). The van der Waals surface area contributed by atoms with Gasteiger partial charge in [-0.3, -0.25) is 4.79 Å². The van der Waals surface area contributed by atoms with Crippen molar-refractivity contribution in [1.82, 2.24) is 5.32 Å². The Balaban J connectivity index is 2.32. The van der Waals surface area contributed by atoms with Crippen LogP contribution in [0, 0.1) is 11.3 Å². The number of hydrogen-bond acceptors (Lipinski definition) is 2. The smallest absolute Gasteiger partial charge is 0.220 e. The SMILES string of the molecule is CC(CC(=O)NCC1(N)CCCCC1)C(C)(C)C. The third-order valence-electron chi connectivity index (χ3n) is 4.46.